The second-order valence-electron chi connectivity index (χ2n) is 6.34. The molecule has 2 aromatic carbocycles. The lowest BCUT2D eigenvalue weighted by Crippen LogP contribution is -2.42. The Bertz CT molecular complexity index is 1160. The molecule has 1 aromatic heterocycles. The van der Waals surface area contributed by atoms with E-state index in [0.29, 0.717) is 0 Å². The molecular weight excluding hydrogens is 408 g/mol. The van der Waals surface area contributed by atoms with E-state index in [2.05, 4.69) is 15.8 Å². The number of aromatic nitrogens is 1. The molecule has 31 heavy (non-hydrogen) atoms. The van der Waals surface area contributed by atoms with Crippen LogP contribution in [0.2, 0.25) is 0 Å². The van der Waals surface area contributed by atoms with Crippen molar-refractivity contribution >= 4 is 28.4 Å². The van der Waals surface area contributed by atoms with E-state index in [0.717, 1.165) is 22.5 Å². The van der Waals surface area contributed by atoms with Gasteiger partial charge >= 0.3 is 5.69 Å². The normalized spacial score (nSPS) is 10.4. The molecule has 0 spiro atoms. The number of nitrogens with zero attached hydrogens (tertiary/aromatic N) is 1. The number of methoxy groups -OCH3 is 3. The predicted molar refractivity (Wildman–Crippen MR) is 110 cm³/mol. The fourth-order valence-electron chi connectivity index (χ4n) is 3.18. The van der Waals surface area contributed by atoms with Crippen LogP contribution in [0.5, 0.6) is 17.2 Å². The summed E-state index contributed by atoms with van der Waals surface area (Å²) in [5.41, 5.74) is 5.08. The van der Waals surface area contributed by atoms with E-state index in [1.165, 1.54) is 21.3 Å². The summed E-state index contributed by atoms with van der Waals surface area (Å²) in [6, 6.07) is 8.60. The lowest BCUT2D eigenvalue weighted by molar-refractivity contribution is -0.386. The number of para-hydroxylation sites is 1. The number of nitro benzene ring substituents is 1. The second kappa shape index (κ2) is 9.03. The predicted octanol–water partition coefficient (Wildman–Crippen LogP) is 2.11. The number of aromatic amines is 1. The molecular formula is C20H20N4O7. The molecule has 0 bridgehead atoms. The number of amides is 2. The zero-order chi connectivity index (χ0) is 22.5. The molecule has 0 atom stereocenters. The highest BCUT2D eigenvalue weighted by molar-refractivity contribution is 6.01. The van der Waals surface area contributed by atoms with Crippen LogP contribution in [0.15, 0.2) is 36.5 Å². The third-order valence-corrected chi connectivity index (χ3v) is 4.57. The van der Waals surface area contributed by atoms with Gasteiger partial charge in [-0.05, 0) is 11.6 Å². The zero-order valence-electron chi connectivity index (χ0n) is 17.0. The third kappa shape index (κ3) is 4.20. The van der Waals surface area contributed by atoms with E-state index in [4.69, 9.17) is 14.2 Å². The summed E-state index contributed by atoms with van der Waals surface area (Å²) < 4.78 is 15.3. The Morgan fingerprint density at radius 2 is 1.77 bits per heavy atom. The van der Waals surface area contributed by atoms with Crippen molar-refractivity contribution in [2.75, 3.05) is 21.3 Å². The maximum Gasteiger partial charge on any atom is 0.327 e. The number of benzene rings is 2. The molecule has 0 radical (unpaired) electrons. The summed E-state index contributed by atoms with van der Waals surface area (Å²) in [5, 5.41) is 12.5. The van der Waals surface area contributed by atoms with E-state index < -0.39 is 22.4 Å². The molecule has 162 valence electrons. The molecule has 3 aromatic rings. The fourth-order valence-corrected chi connectivity index (χ4v) is 3.18. The van der Waals surface area contributed by atoms with Gasteiger partial charge in [-0.1, -0.05) is 18.2 Å². The van der Waals surface area contributed by atoms with Crippen molar-refractivity contribution in [1.82, 2.24) is 15.8 Å². The first-order valence-electron chi connectivity index (χ1n) is 9.02. The van der Waals surface area contributed by atoms with Crippen LogP contribution in [0.25, 0.3) is 10.9 Å². The summed E-state index contributed by atoms with van der Waals surface area (Å²) in [5.74, 6) is -1.68. The number of carbonyl (C=O) groups excluding carboxylic acids is 2. The number of carbonyl (C=O) groups is 2. The Kier molecular flexibility index (Phi) is 6.24. The lowest BCUT2D eigenvalue weighted by Gasteiger charge is -2.15. The first-order valence-corrected chi connectivity index (χ1v) is 9.02. The molecule has 1 heterocycles. The zero-order valence-corrected chi connectivity index (χ0v) is 17.0. The number of rotatable bonds is 7. The van der Waals surface area contributed by atoms with Gasteiger partial charge in [-0.3, -0.25) is 30.6 Å². The number of hydrazine groups is 1. The van der Waals surface area contributed by atoms with Crippen molar-refractivity contribution < 1.29 is 28.7 Å². The molecule has 0 aliphatic rings. The van der Waals surface area contributed by atoms with Gasteiger partial charge in [0.2, 0.25) is 17.4 Å². The molecule has 3 N–H and O–H groups in total. The summed E-state index contributed by atoms with van der Waals surface area (Å²) in [4.78, 5) is 38.8. The van der Waals surface area contributed by atoms with Crippen LogP contribution < -0.4 is 25.1 Å². The molecule has 0 saturated heterocycles. The molecule has 0 aliphatic heterocycles. The molecule has 0 fully saturated rings. The highest BCUT2D eigenvalue weighted by Gasteiger charge is 2.32. The Balaban J connectivity index is 1.81. The maximum atomic E-state index is 12.6. The Morgan fingerprint density at radius 1 is 1.06 bits per heavy atom. The number of nitrogens with one attached hydrogen (secondary N) is 3. The van der Waals surface area contributed by atoms with E-state index in [-0.39, 0.29) is 29.2 Å². The summed E-state index contributed by atoms with van der Waals surface area (Å²) in [7, 11) is 3.80. The van der Waals surface area contributed by atoms with E-state index in [1.807, 2.05) is 24.3 Å². The minimum absolute atomic E-state index is 0.0123. The van der Waals surface area contributed by atoms with E-state index >= 15 is 0 Å². The first kappa shape index (κ1) is 21.4. The quantitative estimate of drug-likeness (QED) is 0.386. The van der Waals surface area contributed by atoms with Crippen LogP contribution >= 0.6 is 0 Å². The minimum Gasteiger partial charge on any atom is -0.493 e. The first-order chi connectivity index (χ1) is 14.9. The number of hydrogen-bond acceptors (Lipinski definition) is 7. The van der Waals surface area contributed by atoms with E-state index in [9.17, 15) is 19.7 Å². The van der Waals surface area contributed by atoms with Gasteiger partial charge < -0.3 is 19.2 Å². The van der Waals surface area contributed by atoms with Gasteiger partial charge in [0.15, 0.2) is 5.75 Å². The number of nitro groups is 1. The summed E-state index contributed by atoms with van der Waals surface area (Å²) in [6.45, 7) is 0. The average molecular weight is 428 g/mol. The van der Waals surface area contributed by atoms with Gasteiger partial charge in [-0.25, -0.2) is 0 Å². The second-order valence-corrected chi connectivity index (χ2v) is 6.34. The van der Waals surface area contributed by atoms with Crippen molar-refractivity contribution in [3.63, 3.8) is 0 Å². The minimum atomic E-state index is -0.918. The van der Waals surface area contributed by atoms with Gasteiger partial charge in [-0.2, -0.15) is 0 Å². The van der Waals surface area contributed by atoms with Crippen molar-refractivity contribution in [2.45, 2.75) is 6.42 Å². The summed E-state index contributed by atoms with van der Waals surface area (Å²) >= 11 is 0. The van der Waals surface area contributed by atoms with Crippen LogP contribution in [0.3, 0.4) is 0 Å². The van der Waals surface area contributed by atoms with Crippen molar-refractivity contribution in [2.24, 2.45) is 0 Å². The third-order valence-electron chi connectivity index (χ3n) is 4.57. The number of H-pyrrole nitrogens is 1. The van der Waals surface area contributed by atoms with Gasteiger partial charge in [0.25, 0.3) is 5.91 Å². The monoisotopic (exact) mass is 428 g/mol. The Morgan fingerprint density at radius 3 is 2.42 bits per heavy atom. The molecule has 0 saturated carbocycles. The Labute approximate surface area is 176 Å². The average Bonchev–Trinajstić information content (AvgIpc) is 3.18. The number of ether oxygens (including phenoxy) is 3. The smallest absolute Gasteiger partial charge is 0.327 e. The van der Waals surface area contributed by atoms with Crippen LogP contribution in [0.4, 0.5) is 5.69 Å². The molecule has 0 unspecified atom stereocenters. The highest BCUT2D eigenvalue weighted by Crippen LogP contribution is 2.46. The van der Waals surface area contributed by atoms with Crippen LogP contribution in [-0.4, -0.2) is 43.1 Å². The molecule has 0 aliphatic carbocycles. The molecule has 11 nitrogen and oxygen atoms in total. The number of fused-ring (bicyclic) bond motifs is 1. The molecule has 11 heteroatoms. The molecule has 3 rings (SSSR count). The van der Waals surface area contributed by atoms with Crippen LogP contribution in [0.1, 0.15) is 15.9 Å². The van der Waals surface area contributed by atoms with Crippen molar-refractivity contribution in [3.8, 4) is 17.2 Å². The SMILES string of the molecule is COc1cc(C(=O)NNC(=O)Cc2c[nH]c3ccccc23)c([N+](=O)[O-])c(OC)c1OC. The number of hydrogen-bond donors (Lipinski definition) is 3. The van der Waals surface area contributed by atoms with Gasteiger partial charge in [0, 0.05) is 23.2 Å². The standard InChI is InChI=1S/C20H20N4O7/c1-29-15-9-13(17(24(27)28)19(31-3)18(15)30-2)20(26)23-22-16(25)8-11-10-21-14-7-5-4-6-12(11)14/h4-7,9-10,21H,8H2,1-3H3,(H,22,25)(H,23,26). The summed E-state index contributed by atoms with van der Waals surface area (Å²) in [6.07, 6.45) is 1.69. The largest absolute Gasteiger partial charge is 0.493 e. The van der Waals surface area contributed by atoms with Crippen LogP contribution in [-0.2, 0) is 11.2 Å². The van der Waals surface area contributed by atoms with Gasteiger partial charge in [0.1, 0.15) is 5.56 Å². The lowest BCUT2D eigenvalue weighted by atomic mass is 10.1. The maximum absolute atomic E-state index is 12.6. The van der Waals surface area contributed by atoms with Gasteiger partial charge in [-0.15, -0.1) is 0 Å². The molecule has 2 amide bonds. The topological polar surface area (TPSA) is 145 Å². The van der Waals surface area contributed by atoms with E-state index in [1.54, 1.807) is 6.20 Å². The van der Waals surface area contributed by atoms with Crippen molar-refractivity contribution in [1.29, 1.82) is 0 Å². The van der Waals surface area contributed by atoms with Crippen molar-refractivity contribution in [3.05, 3.63) is 57.8 Å². The highest BCUT2D eigenvalue weighted by atomic mass is 16.6. The Hall–Kier alpha value is -4.28. The fraction of sp³-hybridized carbons (Fsp3) is 0.200. The van der Waals surface area contributed by atoms with Gasteiger partial charge in [0.05, 0.1) is 32.7 Å². The van der Waals surface area contributed by atoms with Crippen LogP contribution in [0, 0.1) is 10.1 Å².